The van der Waals surface area contributed by atoms with E-state index in [2.05, 4.69) is 5.32 Å². The van der Waals surface area contributed by atoms with E-state index in [9.17, 15) is 4.79 Å². The molecule has 1 rings (SSSR count). The molecule has 1 atom stereocenters. The Morgan fingerprint density at radius 2 is 2.13 bits per heavy atom. The number of hydrogen-bond donors (Lipinski definition) is 1. The molecule has 0 saturated heterocycles. The van der Waals surface area contributed by atoms with Crippen molar-refractivity contribution in [2.45, 2.75) is 38.8 Å². The van der Waals surface area contributed by atoms with Crippen molar-refractivity contribution in [2.24, 2.45) is 11.8 Å². The summed E-state index contributed by atoms with van der Waals surface area (Å²) in [5.41, 5.74) is 0. The minimum absolute atomic E-state index is 0.0632. The highest BCUT2D eigenvalue weighted by Gasteiger charge is 2.32. The monoisotopic (exact) mass is 210 g/mol. The average Bonchev–Trinajstić information content (AvgIpc) is 2.10. The summed E-state index contributed by atoms with van der Waals surface area (Å²) in [4.78, 5) is 11.6. The van der Waals surface area contributed by atoms with E-state index in [0.29, 0.717) is 0 Å². The lowest BCUT2D eigenvalue weighted by atomic mass is 9.88. The molecule has 1 fully saturated rings. The number of nitrogens with one attached hydrogen (secondary N) is 1. The molecule has 1 N–H and O–H groups in total. The molecule has 0 aromatic carbocycles. The first kappa shape index (κ1) is 12.0. The Kier molecular flexibility index (Phi) is 4.10. The first-order valence-corrected chi connectivity index (χ1v) is 5.31. The number of hydrogen-bond acceptors (Lipinski definition) is 3. The van der Waals surface area contributed by atoms with Gasteiger partial charge in [0.2, 0.25) is 5.91 Å². The van der Waals surface area contributed by atoms with Gasteiger partial charge in [0.15, 0.2) is 0 Å². The van der Waals surface area contributed by atoms with E-state index in [0.717, 1.165) is 12.8 Å². The van der Waals surface area contributed by atoms with Gasteiger partial charge in [-0.3, -0.25) is 4.79 Å². The fraction of sp³-hybridized carbons (Fsp3) is 0.818. The van der Waals surface area contributed by atoms with Gasteiger partial charge in [-0.25, -0.2) is 0 Å². The van der Waals surface area contributed by atoms with Crippen LogP contribution >= 0.6 is 0 Å². The second kappa shape index (κ2) is 5.13. The van der Waals surface area contributed by atoms with Crippen LogP contribution in [0.3, 0.4) is 0 Å². The van der Waals surface area contributed by atoms with E-state index in [1.165, 1.54) is 0 Å². The van der Waals surface area contributed by atoms with Crippen LogP contribution in [0.5, 0.6) is 0 Å². The van der Waals surface area contributed by atoms with Crippen molar-refractivity contribution in [1.82, 2.24) is 5.32 Å². The molecule has 0 aromatic rings. The predicted octanol–water partition coefficient (Wildman–Crippen LogP) is 1.08. The maximum atomic E-state index is 11.6. The lowest BCUT2D eigenvalue weighted by Crippen LogP contribution is -2.49. The molecule has 1 saturated carbocycles. The standard InChI is InChI=1S/C11H18N2O2/c1-7(2)10(6-12)11(14)13-8-4-9(5-8)15-3/h7-10H,4-5H2,1-3H3,(H,13,14). The highest BCUT2D eigenvalue weighted by atomic mass is 16.5. The number of amides is 1. The fourth-order valence-corrected chi connectivity index (χ4v) is 1.68. The minimum atomic E-state index is -0.536. The molecule has 0 bridgehead atoms. The summed E-state index contributed by atoms with van der Waals surface area (Å²) in [5.74, 6) is -0.619. The van der Waals surface area contributed by atoms with Crippen LogP contribution in [-0.4, -0.2) is 25.2 Å². The summed E-state index contributed by atoms with van der Waals surface area (Å²) in [7, 11) is 1.68. The van der Waals surface area contributed by atoms with Crippen molar-refractivity contribution in [2.75, 3.05) is 7.11 Å². The van der Waals surface area contributed by atoms with Gasteiger partial charge in [-0.2, -0.15) is 5.26 Å². The molecular weight excluding hydrogens is 192 g/mol. The Labute approximate surface area is 90.6 Å². The van der Waals surface area contributed by atoms with Crippen LogP contribution in [0.2, 0.25) is 0 Å². The molecule has 0 heterocycles. The van der Waals surface area contributed by atoms with Gasteiger partial charge >= 0.3 is 0 Å². The van der Waals surface area contributed by atoms with Crippen LogP contribution in [0.15, 0.2) is 0 Å². The topological polar surface area (TPSA) is 62.1 Å². The van der Waals surface area contributed by atoms with E-state index in [1.807, 2.05) is 19.9 Å². The van der Waals surface area contributed by atoms with Gasteiger partial charge in [0.05, 0.1) is 12.2 Å². The van der Waals surface area contributed by atoms with E-state index >= 15 is 0 Å². The van der Waals surface area contributed by atoms with Gasteiger partial charge in [0, 0.05) is 13.2 Å². The normalized spacial score (nSPS) is 26.6. The number of carbonyl (C=O) groups is 1. The van der Waals surface area contributed by atoms with Gasteiger partial charge in [-0.1, -0.05) is 13.8 Å². The minimum Gasteiger partial charge on any atom is -0.381 e. The molecule has 4 nitrogen and oxygen atoms in total. The smallest absolute Gasteiger partial charge is 0.237 e. The van der Waals surface area contributed by atoms with E-state index in [4.69, 9.17) is 10.00 Å². The van der Waals surface area contributed by atoms with Crippen molar-refractivity contribution in [3.63, 3.8) is 0 Å². The van der Waals surface area contributed by atoms with E-state index in [-0.39, 0.29) is 24.0 Å². The average molecular weight is 210 g/mol. The highest BCUT2D eigenvalue weighted by molar-refractivity contribution is 5.81. The first-order valence-electron chi connectivity index (χ1n) is 5.31. The predicted molar refractivity (Wildman–Crippen MR) is 55.9 cm³/mol. The van der Waals surface area contributed by atoms with Crippen LogP contribution in [0.4, 0.5) is 0 Å². The highest BCUT2D eigenvalue weighted by Crippen LogP contribution is 2.23. The second-order valence-corrected chi connectivity index (χ2v) is 4.39. The SMILES string of the molecule is COC1CC(NC(=O)C(C#N)C(C)C)C1. The van der Waals surface area contributed by atoms with Gasteiger partial charge in [-0.05, 0) is 18.8 Å². The summed E-state index contributed by atoms with van der Waals surface area (Å²) >= 11 is 0. The molecular formula is C11H18N2O2. The summed E-state index contributed by atoms with van der Waals surface area (Å²) in [6.45, 7) is 3.76. The molecule has 84 valence electrons. The molecule has 4 heteroatoms. The van der Waals surface area contributed by atoms with Gasteiger partial charge < -0.3 is 10.1 Å². The Bertz CT molecular complexity index is 264. The summed E-state index contributed by atoms with van der Waals surface area (Å²) in [6, 6.07) is 2.23. The maximum absolute atomic E-state index is 11.6. The number of rotatable bonds is 4. The van der Waals surface area contributed by atoms with Crippen molar-refractivity contribution in [3.8, 4) is 6.07 Å². The molecule has 15 heavy (non-hydrogen) atoms. The zero-order valence-corrected chi connectivity index (χ0v) is 9.49. The molecule has 0 aromatic heterocycles. The van der Waals surface area contributed by atoms with Crippen LogP contribution in [0.1, 0.15) is 26.7 Å². The zero-order valence-electron chi connectivity index (χ0n) is 9.49. The molecule has 0 radical (unpaired) electrons. The molecule has 1 unspecified atom stereocenters. The largest absolute Gasteiger partial charge is 0.381 e. The van der Waals surface area contributed by atoms with Crippen molar-refractivity contribution in [3.05, 3.63) is 0 Å². The Morgan fingerprint density at radius 1 is 1.53 bits per heavy atom. The van der Waals surface area contributed by atoms with E-state index in [1.54, 1.807) is 7.11 Å². The quantitative estimate of drug-likeness (QED) is 0.755. The van der Waals surface area contributed by atoms with Crippen molar-refractivity contribution >= 4 is 5.91 Å². The third-order valence-electron chi connectivity index (χ3n) is 2.86. The van der Waals surface area contributed by atoms with Crippen LogP contribution in [-0.2, 0) is 9.53 Å². The molecule has 1 aliphatic carbocycles. The van der Waals surface area contributed by atoms with Gasteiger partial charge in [-0.15, -0.1) is 0 Å². The number of nitriles is 1. The maximum Gasteiger partial charge on any atom is 0.237 e. The first-order chi connectivity index (χ1) is 7.08. The Balaban J connectivity index is 2.34. The number of nitrogens with zero attached hydrogens (tertiary/aromatic N) is 1. The van der Waals surface area contributed by atoms with Crippen LogP contribution in [0, 0.1) is 23.2 Å². The number of methoxy groups -OCH3 is 1. The Morgan fingerprint density at radius 3 is 2.53 bits per heavy atom. The molecule has 0 aliphatic heterocycles. The van der Waals surface area contributed by atoms with E-state index < -0.39 is 5.92 Å². The molecule has 1 amide bonds. The number of carbonyl (C=O) groups excluding carboxylic acids is 1. The Hall–Kier alpha value is -1.08. The summed E-state index contributed by atoms with van der Waals surface area (Å²) < 4.78 is 5.12. The fourth-order valence-electron chi connectivity index (χ4n) is 1.68. The third-order valence-corrected chi connectivity index (χ3v) is 2.86. The molecule has 0 spiro atoms. The van der Waals surface area contributed by atoms with Crippen molar-refractivity contribution in [1.29, 1.82) is 5.26 Å². The van der Waals surface area contributed by atoms with Gasteiger partial charge in [0.25, 0.3) is 0 Å². The summed E-state index contributed by atoms with van der Waals surface area (Å²) in [6.07, 6.45) is 1.99. The lowest BCUT2D eigenvalue weighted by molar-refractivity contribution is -0.126. The number of ether oxygens (including phenoxy) is 1. The van der Waals surface area contributed by atoms with Gasteiger partial charge in [0.1, 0.15) is 5.92 Å². The third kappa shape index (κ3) is 2.93. The van der Waals surface area contributed by atoms with Crippen LogP contribution < -0.4 is 5.32 Å². The second-order valence-electron chi connectivity index (χ2n) is 4.39. The van der Waals surface area contributed by atoms with Crippen molar-refractivity contribution < 1.29 is 9.53 Å². The zero-order chi connectivity index (χ0) is 11.4. The lowest BCUT2D eigenvalue weighted by Gasteiger charge is -2.35. The molecule has 1 aliphatic rings. The summed E-state index contributed by atoms with van der Waals surface area (Å²) in [5, 5.41) is 11.7. The van der Waals surface area contributed by atoms with Crippen LogP contribution in [0.25, 0.3) is 0 Å².